The lowest BCUT2D eigenvalue weighted by Crippen LogP contribution is -2.29. The Morgan fingerprint density at radius 2 is 1.96 bits per heavy atom. The van der Waals surface area contributed by atoms with Crippen molar-refractivity contribution in [1.29, 1.82) is 0 Å². The summed E-state index contributed by atoms with van der Waals surface area (Å²) in [5.41, 5.74) is 8.65. The van der Waals surface area contributed by atoms with Gasteiger partial charge in [-0.05, 0) is 25.8 Å². The van der Waals surface area contributed by atoms with Crippen LogP contribution in [0, 0.1) is 5.92 Å². The van der Waals surface area contributed by atoms with Crippen molar-refractivity contribution in [3.8, 4) is 0 Å². The molecule has 1 aromatic heterocycles. The molecule has 1 aliphatic heterocycles. The van der Waals surface area contributed by atoms with Crippen molar-refractivity contribution in [1.82, 2.24) is 9.88 Å². The Hall–Kier alpha value is -2.04. The number of ether oxygens (including phenoxy) is 1. The van der Waals surface area contributed by atoms with Crippen LogP contribution in [0.4, 0.5) is 5.82 Å². The molecule has 0 spiro atoms. The van der Waals surface area contributed by atoms with E-state index >= 15 is 0 Å². The van der Waals surface area contributed by atoms with Crippen LogP contribution in [-0.4, -0.2) is 29.0 Å². The van der Waals surface area contributed by atoms with E-state index in [0.717, 1.165) is 16.8 Å². The molecule has 0 fully saturated rings. The number of aromatic nitrogens is 1. The van der Waals surface area contributed by atoms with Crippen LogP contribution < -0.4 is 5.73 Å². The molecule has 23 heavy (non-hydrogen) atoms. The van der Waals surface area contributed by atoms with Crippen LogP contribution in [0.15, 0.2) is 29.6 Å². The number of rotatable bonds is 3. The summed E-state index contributed by atoms with van der Waals surface area (Å²) >= 11 is 0. The third-order valence-electron chi connectivity index (χ3n) is 3.97. The van der Waals surface area contributed by atoms with Crippen LogP contribution >= 0.6 is 0 Å². The number of hydrogen-bond acceptors (Lipinski definition) is 5. The van der Waals surface area contributed by atoms with Crippen LogP contribution in [0.2, 0.25) is 0 Å². The minimum Gasteiger partial charge on any atom is -0.460 e. The highest BCUT2D eigenvalue weighted by Crippen LogP contribution is 2.31. The number of nitrogens with zero attached hydrogens (tertiary/aromatic N) is 2. The van der Waals surface area contributed by atoms with Gasteiger partial charge in [-0.3, -0.25) is 0 Å². The van der Waals surface area contributed by atoms with E-state index in [1.54, 1.807) is 6.20 Å². The highest BCUT2D eigenvalue weighted by atomic mass is 16.5. The van der Waals surface area contributed by atoms with Crippen molar-refractivity contribution >= 4 is 11.8 Å². The molecule has 2 heterocycles. The van der Waals surface area contributed by atoms with Crippen molar-refractivity contribution in [3.63, 3.8) is 0 Å². The molecule has 2 rings (SSSR count). The van der Waals surface area contributed by atoms with Gasteiger partial charge in [0, 0.05) is 17.5 Å². The SMILES string of the molecule is CC.CC1=C(C(C)C)C(=O)OCCN1C(C)c1cccnc1N. The van der Waals surface area contributed by atoms with Crippen LogP contribution in [0.25, 0.3) is 0 Å². The molecule has 2 N–H and O–H groups in total. The molecule has 0 saturated heterocycles. The second-order valence-corrected chi connectivity index (χ2v) is 5.64. The summed E-state index contributed by atoms with van der Waals surface area (Å²) in [6, 6.07) is 3.90. The lowest BCUT2D eigenvalue weighted by Gasteiger charge is -2.32. The monoisotopic (exact) mass is 319 g/mol. The van der Waals surface area contributed by atoms with E-state index in [1.807, 2.05) is 46.8 Å². The Morgan fingerprint density at radius 1 is 1.30 bits per heavy atom. The van der Waals surface area contributed by atoms with Gasteiger partial charge in [0.05, 0.1) is 18.2 Å². The van der Waals surface area contributed by atoms with E-state index < -0.39 is 0 Å². The van der Waals surface area contributed by atoms with Crippen molar-refractivity contribution < 1.29 is 9.53 Å². The van der Waals surface area contributed by atoms with E-state index in [4.69, 9.17) is 10.5 Å². The van der Waals surface area contributed by atoms with Crippen molar-refractivity contribution in [2.75, 3.05) is 18.9 Å². The minimum absolute atomic E-state index is 0.0435. The predicted octanol–water partition coefficient (Wildman–Crippen LogP) is 3.54. The lowest BCUT2D eigenvalue weighted by molar-refractivity contribution is -0.139. The first kappa shape index (κ1) is 19.0. The minimum atomic E-state index is -0.212. The summed E-state index contributed by atoms with van der Waals surface area (Å²) in [6.07, 6.45) is 1.68. The lowest BCUT2D eigenvalue weighted by atomic mass is 9.99. The fourth-order valence-corrected chi connectivity index (χ4v) is 2.87. The van der Waals surface area contributed by atoms with E-state index in [0.29, 0.717) is 19.0 Å². The fraction of sp³-hybridized carbons (Fsp3) is 0.556. The largest absolute Gasteiger partial charge is 0.460 e. The summed E-state index contributed by atoms with van der Waals surface area (Å²) < 4.78 is 5.31. The molecule has 0 bridgehead atoms. The number of nitrogens with two attached hydrogens (primary N) is 1. The van der Waals surface area contributed by atoms with Crippen molar-refractivity contribution in [2.45, 2.75) is 47.6 Å². The average molecular weight is 319 g/mol. The van der Waals surface area contributed by atoms with Gasteiger partial charge in [0.2, 0.25) is 0 Å². The molecular formula is C18H29N3O2. The molecule has 1 aliphatic rings. The Kier molecular flexibility index (Phi) is 7.07. The van der Waals surface area contributed by atoms with Gasteiger partial charge in [0.15, 0.2) is 0 Å². The van der Waals surface area contributed by atoms with E-state index in [-0.39, 0.29) is 17.9 Å². The van der Waals surface area contributed by atoms with Gasteiger partial charge < -0.3 is 15.4 Å². The zero-order chi connectivity index (χ0) is 17.6. The molecule has 0 amide bonds. The maximum Gasteiger partial charge on any atom is 0.336 e. The van der Waals surface area contributed by atoms with Crippen molar-refractivity contribution in [3.05, 3.63) is 35.2 Å². The Bertz CT molecular complexity index is 567. The van der Waals surface area contributed by atoms with Gasteiger partial charge in [-0.1, -0.05) is 33.8 Å². The van der Waals surface area contributed by atoms with Crippen LogP contribution in [-0.2, 0) is 9.53 Å². The first-order chi connectivity index (χ1) is 10.9. The van der Waals surface area contributed by atoms with Crippen molar-refractivity contribution in [2.24, 2.45) is 5.92 Å². The number of pyridine rings is 1. The van der Waals surface area contributed by atoms with Crippen LogP contribution in [0.3, 0.4) is 0 Å². The summed E-state index contributed by atoms with van der Waals surface area (Å²) in [6.45, 7) is 13.1. The summed E-state index contributed by atoms with van der Waals surface area (Å²) in [4.78, 5) is 18.4. The normalized spacial score (nSPS) is 16.5. The van der Waals surface area contributed by atoms with Gasteiger partial charge >= 0.3 is 5.97 Å². The van der Waals surface area contributed by atoms with E-state index in [1.165, 1.54) is 0 Å². The zero-order valence-electron chi connectivity index (χ0n) is 15.1. The summed E-state index contributed by atoms with van der Waals surface area (Å²) in [5, 5.41) is 0. The molecule has 5 heteroatoms. The number of cyclic esters (lactones) is 1. The van der Waals surface area contributed by atoms with Gasteiger partial charge in [0.25, 0.3) is 0 Å². The second kappa shape index (κ2) is 8.56. The molecule has 0 aromatic carbocycles. The number of esters is 1. The summed E-state index contributed by atoms with van der Waals surface area (Å²) in [5.74, 6) is 0.438. The van der Waals surface area contributed by atoms with Gasteiger partial charge in [-0.2, -0.15) is 0 Å². The molecule has 0 aliphatic carbocycles. The Labute approximate surface area is 139 Å². The first-order valence-electron chi connectivity index (χ1n) is 8.28. The van der Waals surface area contributed by atoms with E-state index in [9.17, 15) is 4.79 Å². The molecule has 1 unspecified atom stereocenters. The van der Waals surface area contributed by atoms with Gasteiger partial charge in [0.1, 0.15) is 12.4 Å². The topological polar surface area (TPSA) is 68.5 Å². The van der Waals surface area contributed by atoms with Gasteiger partial charge in [-0.25, -0.2) is 9.78 Å². The maximum absolute atomic E-state index is 12.1. The maximum atomic E-state index is 12.1. The number of carbonyl (C=O) groups excluding carboxylic acids is 1. The molecule has 5 nitrogen and oxygen atoms in total. The Morgan fingerprint density at radius 3 is 2.52 bits per heavy atom. The van der Waals surface area contributed by atoms with Gasteiger partial charge in [-0.15, -0.1) is 0 Å². The number of hydrogen-bond donors (Lipinski definition) is 1. The highest BCUT2D eigenvalue weighted by Gasteiger charge is 2.28. The number of nitrogen functional groups attached to an aromatic ring is 1. The Balaban J connectivity index is 0.00000127. The molecule has 0 radical (unpaired) electrons. The smallest absolute Gasteiger partial charge is 0.336 e. The zero-order valence-corrected chi connectivity index (χ0v) is 15.1. The molecular weight excluding hydrogens is 290 g/mol. The van der Waals surface area contributed by atoms with E-state index in [2.05, 4.69) is 16.8 Å². The predicted molar refractivity (Wildman–Crippen MR) is 93.6 cm³/mol. The standard InChI is InChI=1S/C16H23N3O2.C2H6/c1-10(2)14-12(4)19(8-9-21-16(14)20)11(3)13-6-5-7-18-15(13)17;1-2/h5-7,10-11H,8-9H2,1-4H3,(H2,17,18);1-2H3. The number of carbonyl (C=O) groups is 1. The average Bonchev–Trinajstić information content (AvgIpc) is 2.67. The highest BCUT2D eigenvalue weighted by molar-refractivity contribution is 5.89. The third-order valence-corrected chi connectivity index (χ3v) is 3.97. The van der Waals surface area contributed by atoms with Crippen LogP contribution in [0.5, 0.6) is 0 Å². The number of allylic oxidation sites excluding steroid dienone is 1. The molecule has 0 saturated carbocycles. The molecule has 128 valence electrons. The summed E-state index contributed by atoms with van der Waals surface area (Å²) in [7, 11) is 0. The number of anilines is 1. The molecule has 1 atom stereocenters. The quantitative estimate of drug-likeness (QED) is 0.863. The van der Waals surface area contributed by atoms with Crippen LogP contribution in [0.1, 0.15) is 53.1 Å². The second-order valence-electron chi connectivity index (χ2n) is 5.64. The fourth-order valence-electron chi connectivity index (χ4n) is 2.87. The molecule has 1 aromatic rings. The first-order valence-corrected chi connectivity index (χ1v) is 8.28. The third kappa shape index (κ3) is 4.24.